The van der Waals surface area contributed by atoms with Crippen LogP contribution in [0.25, 0.3) is 0 Å². The van der Waals surface area contributed by atoms with Crippen LogP contribution >= 0.6 is 0 Å². The summed E-state index contributed by atoms with van der Waals surface area (Å²) in [6.07, 6.45) is 6.73. The summed E-state index contributed by atoms with van der Waals surface area (Å²) < 4.78 is 5.12. The second-order valence-corrected chi connectivity index (χ2v) is 6.32. The third-order valence-electron chi connectivity index (χ3n) is 4.69. The van der Waals surface area contributed by atoms with Crippen molar-refractivity contribution >= 4 is 5.91 Å². The molecule has 0 aromatic heterocycles. The quantitative estimate of drug-likeness (QED) is 0.749. The van der Waals surface area contributed by atoms with Crippen molar-refractivity contribution in [2.45, 2.75) is 51.5 Å². The Balaban J connectivity index is 1.64. The smallest absolute Gasteiger partial charge is 0.224 e. The average molecular weight is 318 g/mol. The van der Waals surface area contributed by atoms with Crippen molar-refractivity contribution in [1.82, 2.24) is 10.2 Å². The number of nitrogens with one attached hydrogen (secondary N) is 1. The molecule has 1 aliphatic rings. The normalized spacial score (nSPS) is 18.6. The van der Waals surface area contributed by atoms with Gasteiger partial charge in [0.1, 0.15) is 5.75 Å². The molecule has 4 heteroatoms. The minimum Gasteiger partial charge on any atom is -0.497 e. The first kappa shape index (κ1) is 17.8. The number of ether oxygens (including phenoxy) is 1. The molecule has 1 fully saturated rings. The highest BCUT2D eigenvalue weighted by Gasteiger charge is 2.19. The number of methoxy groups -OCH3 is 1. The van der Waals surface area contributed by atoms with E-state index in [1.807, 2.05) is 24.3 Å². The lowest BCUT2D eigenvalue weighted by atomic mass is 10.00. The van der Waals surface area contributed by atoms with Crippen LogP contribution in [-0.4, -0.2) is 43.6 Å². The number of amides is 1. The van der Waals surface area contributed by atoms with Crippen LogP contribution in [0, 0.1) is 0 Å². The molecule has 0 spiro atoms. The van der Waals surface area contributed by atoms with Gasteiger partial charge in [-0.15, -0.1) is 0 Å². The van der Waals surface area contributed by atoms with Gasteiger partial charge in [0.25, 0.3) is 0 Å². The molecule has 1 aliphatic heterocycles. The Bertz CT molecular complexity index is 473. The molecular weight excluding hydrogens is 288 g/mol. The zero-order valence-electron chi connectivity index (χ0n) is 14.5. The van der Waals surface area contributed by atoms with E-state index in [0.717, 1.165) is 36.9 Å². The van der Waals surface area contributed by atoms with Crippen LogP contribution in [0.3, 0.4) is 0 Å². The molecule has 23 heavy (non-hydrogen) atoms. The van der Waals surface area contributed by atoms with Gasteiger partial charge in [0.2, 0.25) is 5.91 Å². The topological polar surface area (TPSA) is 41.6 Å². The van der Waals surface area contributed by atoms with E-state index in [1.54, 1.807) is 7.11 Å². The van der Waals surface area contributed by atoms with Crippen LogP contribution in [0.15, 0.2) is 24.3 Å². The van der Waals surface area contributed by atoms with Crippen molar-refractivity contribution in [2.24, 2.45) is 0 Å². The van der Waals surface area contributed by atoms with Gasteiger partial charge in [0.05, 0.1) is 13.5 Å². The summed E-state index contributed by atoms with van der Waals surface area (Å²) in [5.41, 5.74) is 1.02. The molecule has 2 rings (SSSR count). The van der Waals surface area contributed by atoms with Gasteiger partial charge in [0, 0.05) is 19.1 Å². The lowest BCUT2D eigenvalue weighted by Gasteiger charge is -2.35. The highest BCUT2D eigenvalue weighted by Crippen LogP contribution is 2.19. The number of carbonyl (C=O) groups is 1. The summed E-state index contributed by atoms with van der Waals surface area (Å²) >= 11 is 0. The Hall–Kier alpha value is -1.55. The Morgan fingerprint density at radius 3 is 2.78 bits per heavy atom. The maximum atomic E-state index is 12.0. The number of piperidine rings is 1. The van der Waals surface area contributed by atoms with Crippen LogP contribution in [0.5, 0.6) is 5.75 Å². The number of nitrogens with zero attached hydrogens (tertiary/aromatic N) is 1. The first-order valence-corrected chi connectivity index (χ1v) is 8.86. The number of benzene rings is 1. The van der Waals surface area contributed by atoms with Gasteiger partial charge in [-0.1, -0.05) is 25.5 Å². The van der Waals surface area contributed by atoms with Crippen molar-refractivity contribution in [3.63, 3.8) is 0 Å². The largest absolute Gasteiger partial charge is 0.497 e. The van der Waals surface area contributed by atoms with Crippen LogP contribution in [0.2, 0.25) is 0 Å². The van der Waals surface area contributed by atoms with Crippen molar-refractivity contribution < 1.29 is 9.53 Å². The lowest BCUT2D eigenvalue weighted by Crippen LogP contribution is -2.40. The molecule has 1 aromatic carbocycles. The fourth-order valence-electron chi connectivity index (χ4n) is 3.32. The maximum absolute atomic E-state index is 12.0. The first-order valence-electron chi connectivity index (χ1n) is 8.86. The molecule has 1 aromatic rings. The monoisotopic (exact) mass is 318 g/mol. The fourth-order valence-corrected chi connectivity index (χ4v) is 3.32. The standard InChI is InChI=1S/C19H30N2O2/c1-3-17-7-4-5-13-21(17)14-6-12-20-19(22)15-16-8-10-18(23-2)11-9-16/h8-11,17H,3-7,12-15H2,1-2H3,(H,20,22)/t17-/m0/s1. The van der Waals surface area contributed by atoms with Crippen molar-refractivity contribution in [1.29, 1.82) is 0 Å². The SMILES string of the molecule is CC[C@H]1CCCCN1CCCNC(=O)Cc1ccc(OC)cc1. The van der Waals surface area contributed by atoms with E-state index in [2.05, 4.69) is 17.1 Å². The minimum absolute atomic E-state index is 0.0980. The molecule has 128 valence electrons. The molecule has 1 atom stereocenters. The number of hydrogen-bond donors (Lipinski definition) is 1. The third kappa shape index (κ3) is 5.87. The van der Waals surface area contributed by atoms with Crippen LogP contribution in [-0.2, 0) is 11.2 Å². The third-order valence-corrected chi connectivity index (χ3v) is 4.69. The molecule has 1 amide bonds. The summed E-state index contributed by atoms with van der Waals surface area (Å²) in [7, 11) is 1.65. The van der Waals surface area contributed by atoms with E-state index < -0.39 is 0 Å². The Labute approximate surface area is 140 Å². The van der Waals surface area contributed by atoms with Gasteiger partial charge in [0.15, 0.2) is 0 Å². The van der Waals surface area contributed by atoms with Gasteiger partial charge >= 0.3 is 0 Å². The van der Waals surface area contributed by atoms with E-state index in [-0.39, 0.29) is 5.91 Å². The molecule has 1 saturated heterocycles. The summed E-state index contributed by atoms with van der Waals surface area (Å²) in [5.74, 6) is 0.919. The van der Waals surface area contributed by atoms with Crippen LogP contribution < -0.4 is 10.1 Å². The molecule has 1 heterocycles. The molecule has 0 radical (unpaired) electrons. The molecular formula is C19H30N2O2. The Morgan fingerprint density at radius 2 is 2.09 bits per heavy atom. The molecule has 1 N–H and O–H groups in total. The minimum atomic E-state index is 0.0980. The molecule has 0 saturated carbocycles. The second-order valence-electron chi connectivity index (χ2n) is 6.32. The summed E-state index contributed by atoms with van der Waals surface area (Å²) in [6, 6.07) is 8.42. The maximum Gasteiger partial charge on any atom is 0.224 e. The van der Waals surface area contributed by atoms with Gasteiger partial charge in [-0.25, -0.2) is 0 Å². The number of carbonyl (C=O) groups excluding carboxylic acids is 1. The predicted octanol–water partition coefficient (Wildman–Crippen LogP) is 3.01. The summed E-state index contributed by atoms with van der Waals surface area (Å²) in [6.45, 7) is 5.36. The zero-order chi connectivity index (χ0) is 16.5. The summed E-state index contributed by atoms with van der Waals surface area (Å²) in [4.78, 5) is 14.6. The molecule has 4 nitrogen and oxygen atoms in total. The van der Waals surface area contributed by atoms with Gasteiger partial charge in [-0.2, -0.15) is 0 Å². The van der Waals surface area contributed by atoms with Crippen LogP contribution in [0.1, 0.15) is 44.6 Å². The van der Waals surface area contributed by atoms with Crippen molar-refractivity contribution in [3.8, 4) is 5.75 Å². The number of hydrogen-bond acceptors (Lipinski definition) is 3. The Morgan fingerprint density at radius 1 is 1.30 bits per heavy atom. The highest BCUT2D eigenvalue weighted by molar-refractivity contribution is 5.78. The van der Waals surface area contributed by atoms with Gasteiger partial charge in [-0.3, -0.25) is 4.79 Å². The average Bonchev–Trinajstić information content (AvgIpc) is 2.59. The van der Waals surface area contributed by atoms with Crippen LogP contribution in [0.4, 0.5) is 0 Å². The first-order chi connectivity index (χ1) is 11.2. The number of likely N-dealkylation sites (tertiary alicyclic amines) is 1. The van der Waals surface area contributed by atoms with E-state index in [1.165, 1.54) is 32.2 Å². The molecule has 0 aliphatic carbocycles. The molecule has 0 bridgehead atoms. The fraction of sp³-hybridized carbons (Fsp3) is 0.632. The summed E-state index contributed by atoms with van der Waals surface area (Å²) in [5, 5.41) is 3.04. The van der Waals surface area contributed by atoms with Gasteiger partial charge < -0.3 is 15.0 Å². The van der Waals surface area contributed by atoms with E-state index in [0.29, 0.717) is 6.42 Å². The second kappa shape index (κ2) is 9.56. The van der Waals surface area contributed by atoms with Crippen molar-refractivity contribution in [3.05, 3.63) is 29.8 Å². The van der Waals surface area contributed by atoms with E-state index in [4.69, 9.17) is 4.74 Å². The number of rotatable bonds is 8. The van der Waals surface area contributed by atoms with Crippen molar-refractivity contribution in [2.75, 3.05) is 26.7 Å². The van der Waals surface area contributed by atoms with E-state index in [9.17, 15) is 4.79 Å². The highest BCUT2D eigenvalue weighted by atomic mass is 16.5. The van der Waals surface area contributed by atoms with Gasteiger partial charge in [-0.05, 0) is 49.9 Å². The van der Waals surface area contributed by atoms with E-state index >= 15 is 0 Å². The molecule has 0 unspecified atom stereocenters. The lowest BCUT2D eigenvalue weighted by molar-refractivity contribution is -0.120. The zero-order valence-corrected chi connectivity index (χ0v) is 14.5. The Kier molecular flexibility index (Phi) is 7.40. The predicted molar refractivity (Wildman–Crippen MR) is 93.8 cm³/mol.